The Hall–Kier alpha value is -2.83. The molecule has 188 valence electrons. The number of hydrogen-bond acceptors (Lipinski definition) is 6. The van der Waals surface area contributed by atoms with Gasteiger partial charge in [0, 0.05) is 31.1 Å². The second-order valence-corrected chi connectivity index (χ2v) is 9.74. The number of carbonyl (C=O) groups is 2. The van der Waals surface area contributed by atoms with Gasteiger partial charge in [0.05, 0.1) is 18.0 Å². The molecule has 6 heteroatoms. The van der Waals surface area contributed by atoms with Gasteiger partial charge in [-0.3, -0.25) is 19.6 Å². The molecule has 6 nitrogen and oxygen atoms in total. The first-order valence-corrected chi connectivity index (χ1v) is 12.6. The summed E-state index contributed by atoms with van der Waals surface area (Å²) >= 11 is 0. The molecule has 1 atom stereocenters. The number of carbonyl (C=O) groups excluding carboxylic acids is 2. The molecule has 0 bridgehead atoms. The summed E-state index contributed by atoms with van der Waals surface area (Å²) in [6.45, 7) is 11.5. The molecule has 3 rings (SSSR count). The lowest BCUT2D eigenvalue weighted by molar-refractivity contribution is -0.108. The number of likely N-dealkylation sites (tertiary alicyclic amines) is 1. The summed E-state index contributed by atoms with van der Waals surface area (Å²) in [6, 6.07) is 10.4. The minimum Gasteiger partial charge on any atom is -0.489 e. The third-order valence-corrected chi connectivity index (χ3v) is 6.75. The fourth-order valence-electron chi connectivity index (χ4n) is 4.77. The fourth-order valence-corrected chi connectivity index (χ4v) is 4.77. The van der Waals surface area contributed by atoms with Crippen molar-refractivity contribution >= 4 is 12.6 Å². The van der Waals surface area contributed by atoms with Crippen LogP contribution in [0, 0.1) is 0 Å². The second kappa shape index (κ2) is 13.3. The molecule has 2 aromatic rings. The molecule has 0 spiro atoms. The van der Waals surface area contributed by atoms with Gasteiger partial charge in [-0.25, -0.2) is 0 Å². The van der Waals surface area contributed by atoms with Crippen LogP contribution >= 0.6 is 0 Å². The van der Waals surface area contributed by atoms with Gasteiger partial charge in [0.1, 0.15) is 18.3 Å². The SMILES string of the molecule is C=CC(CCC=O)N(C)Cc1cc(C2CCN(Cc3ccc(OC(C)C)cn3)CC2)ccc1C=O. The monoisotopic (exact) mass is 477 g/mol. The summed E-state index contributed by atoms with van der Waals surface area (Å²) in [5.41, 5.74) is 4.13. The number of aldehydes is 2. The molecular weight excluding hydrogens is 438 g/mol. The van der Waals surface area contributed by atoms with Gasteiger partial charge < -0.3 is 9.53 Å². The van der Waals surface area contributed by atoms with E-state index in [0.717, 1.165) is 74.0 Å². The van der Waals surface area contributed by atoms with Crippen molar-refractivity contribution in [3.05, 3.63) is 71.6 Å². The molecule has 1 aromatic heterocycles. The van der Waals surface area contributed by atoms with E-state index < -0.39 is 0 Å². The van der Waals surface area contributed by atoms with E-state index in [1.54, 1.807) is 0 Å². The average Bonchev–Trinajstić information content (AvgIpc) is 2.86. The van der Waals surface area contributed by atoms with Gasteiger partial charge >= 0.3 is 0 Å². The Morgan fingerprint density at radius 3 is 2.57 bits per heavy atom. The minimum atomic E-state index is 0.103. The van der Waals surface area contributed by atoms with E-state index in [4.69, 9.17) is 4.74 Å². The molecule has 1 aliphatic heterocycles. The van der Waals surface area contributed by atoms with Crippen LogP contribution in [0.1, 0.15) is 72.6 Å². The molecule has 0 saturated carbocycles. The van der Waals surface area contributed by atoms with Crippen molar-refractivity contribution in [1.82, 2.24) is 14.8 Å². The van der Waals surface area contributed by atoms with Gasteiger partial charge in [0.15, 0.2) is 0 Å². The van der Waals surface area contributed by atoms with Crippen molar-refractivity contribution in [2.75, 3.05) is 20.1 Å². The number of piperidine rings is 1. The third-order valence-electron chi connectivity index (χ3n) is 6.75. The van der Waals surface area contributed by atoms with Gasteiger partial charge in [-0.2, -0.15) is 0 Å². The highest BCUT2D eigenvalue weighted by Crippen LogP contribution is 2.30. The third kappa shape index (κ3) is 7.84. The zero-order chi connectivity index (χ0) is 25.2. The van der Waals surface area contributed by atoms with Crippen LogP contribution < -0.4 is 4.74 Å². The lowest BCUT2D eigenvalue weighted by Crippen LogP contribution is -2.33. The van der Waals surface area contributed by atoms with Crippen LogP contribution in [0.15, 0.2) is 49.2 Å². The first kappa shape index (κ1) is 26.8. The van der Waals surface area contributed by atoms with Crippen molar-refractivity contribution in [2.45, 2.75) is 70.7 Å². The highest BCUT2D eigenvalue weighted by Gasteiger charge is 2.22. The lowest BCUT2D eigenvalue weighted by atomic mass is 9.87. The van der Waals surface area contributed by atoms with E-state index in [9.17, 15) is 9.59 Å². The highest BCUT2D eigenvalue weighted by atomic mass is 16.5. The van der Waals surface area contributed by atoms with Crippen LogP contribution in [0.5, 0.6) is 5.75 Å². The van der Waals surface area contributed by atoms with Crippen LogP contribution in [0.25, 0.3) is 0 Å². The van der Waals surface area contributed by atoms with Gasteiger partial charge in [0.2, 0.25) is 0 Å². The summed E-state index contributed by atoms with van der Waals surface area (Å²) in [7, 11) is 2.02. The van der Waals surface area contributed by atoms with Crippen LogP contribution in [-0.2, 0) is 17.9 Å². The summed E-state index contributed by atoms with van der Waals surface area (Å²) in [6.07, 6.45) is 9.13. The van der Waals surface area contributed by atoms with E-state index in [2.05, 4.69) is 39.6 Å². The van der Waals surface area contributed by atoms with Crippen LogP contribution in [0.2, 0.25) is 0 Å². The Bertz CT molecular complexity index is 966. The maximum atomic E-state index is 11.7. The number of ether oxygens (including phenoxy) is 1. The Morgan fingerprint density at radius 2 is 1.97 bits per heavy atom. The number of pyridine rings is 1. The number of benzene rings is 1. The summed E-state index contributed by atoms with van der Waals surface area (Å²) in [4.78, 5) is 31.7. The Balaban J connectivity index is 1.59. The smallest absolute Gasteiger partial charge is 0.150 e. The largest absolute Gasteiger partial charge is 0.489 e. The first-order chi connectivity index (χ1) is 16.9. The quantitative estimate of drug-likeness (QED) is 0.298. The fraction of sp³-hybridized carbons (Fsp3) is 0.483. The van der Waals surface area contributed by atoms with Gasteiger partial charge in [-0.15, -0.1) is 6.58 Å². The summed E-state index contributed by atoms with van der Waals surface area (Å²) in [5, 5.41) is 0. The topological polar surface area (TPSA) is 62.7 Å². The van der Waals surface area contributed by atoms with Crippen LogP contribution in [0.4, 0.5) is 0 Å². The van der Waals surface area contributed by atoms with E-state index in [1.807, 2.05) is 45.3 Å². The van der Waals surface area contributed by atoms with Gasteiger partial charge in [-0.1, -0.05) is 24.3 Å². The minimum absolute atomic E-state index is 0.103. The Morgan fingerprint density at radius 1 is 1.20 bits per heavy atom. The predicted molar refractivity (Wildman–Crippen MR) is 140 cm³/mol. The second-order valence-electron chi connectivity index (χ2n) is 9.74. The van der Waals surface area contributed by atoms with Crippen LogP contribution in [0.3, 0.4) is 0 Å². The maximum absolute atomic E-state index is 11.7. The zero-order valence-corrected chi connectivity index (χ0v) is 21.4. The van der Waals surface area contributed by atoms with E-state index in [-0.39, 0.29) is 12.1 Å². The van der Waals surface area contributed by atoms with E-state index >= 15 is 0 Å². The van der Waals surface area contributed by atoms with Crippen molar-refractivity contribution < 1.29 is 14.3 Å². The Labute approximate surface area is 210 Å². The zero-order valence-electron chi connectivity index (χ0n) is 21.4. The molecular formula is C29H39N3O3. The average molecular weight is 478 g/mol. The first-order valence-electron chi connectivity index (χ1n) is 12.6. The summed E-state index contributed by atoms with van der Waals surface area (Å²) < 4.78 is 5.69. The number of aromatic nitrogens is 1. The molecule has 0 aliphatic carbocycles. The lowest BCUT2D eigenvalue weighted by Gasteiger charge is -2.32. The molecule has 2 heterocycles. The molecule has 1 unspecified atom stereocenters. The van der Waals surface area contributed by atoms with Gasteiger partial charge in [0.25, 0.3) is 0 Å². The van der Waals surface area contributed by atoms with E-state index in [0.29, 0.717) is 18.9 Å². The molecule has 1 fully saturated rings. The highest BCUT2D eigenvalue weighted by molar-refractivity contribution is 5.77. The summed E-state index contributed by atoms with van der Waals surface area (Å²) in [5.74, 6) is 1.29. The maximum Gasteiger partial charge on any atom is 0.150 e. The van der Waals surface area contributed by atoms with Crippen molar-refractivity contribution in [1.29, 1.82) is 0 Å². The number of nitrogens with zero attached hydrogens (tertiary/aromatic N) is 3. The van der Waals surface area contributed by atoms with Crippen molar-refractivity contribution in [3.63, 3.8) is 0 Å². The number of hydrogen-bond donors (Lipinski definition) is 0. The molecule has 1 aromatic carbocycles. The molecule has 0 amide bonds. The van der Waals surface area contributed by atoms with Crippen molar-refractivity contribution in [3.8, 4) is 5.75 Å². The van der Waals surface area contributed by atoms with Gasteiger partial charge in [-0.05, 0) is 82.4 Å². The molecule has 0 N–H and O–H groups in total. The van der Waals surface area contributed by atoms with E-state index in [1.165, 1.54) is 5.56 Å². The van der Waals surface area contributed by atoms with Crippen LogP contribution in [-0.4, -0.2) is 59.6 Å². The normalized spacial score (nSPS) is 15.8. The molecule has 0 radical (unpaired) electrons. The number of rotatable bonds is 13. The predicted octanol–water partition coefficient (Wildman–Crippen LogP) is 5.03. The number of likely N-dealkylation sites (N-methyl/N-ethyl adjacent to an activating group) is 1. The standard InChI is InChI=1S/C29H39N3O3/c1-5-28(7-6-16-33)31(4)19-26-17-24(8-9-25(26)21-34)23-12-14-32(15-13-23)20-27-10-11-29(18-30-27)35-22(2)3/h5,8-11,16-18,21-23,28H,1,6-7,12-15,19-20H2,2-4H3. The molecule has 1 aliphatic rings. The Kier molecular flexibility index (Phi) is 10.2. The molecule has 35 heavy (non-hydrogen) atoms. The van der Waals surface area contributed by atoms with Crippen molar-refractivity contribution in [2.24, 2.45) is 0 Å². The molecule has 1 saturated heterocycles.